The fourth-order valence-corrected chi connectivity index (χ4v) is 9.81. The van der Waals surface area contributed by atoms with Gasteiger partial charge in [-0.1, -0.05) is 321 Å². The van der Waals surface area contributed by atoms with Crippen molar-refractivity contribution < 1.29 is 20.1 Å². The van der Waals surface area contributed by atoms with E-state index >= 15 is 0 Å². The SMILES string of the molecule is CCCCCCCCCCC/C=C\C/C=C\CCCCCCCCCCCCCCC(O)C(=O)NC(CO)C(O)CCCCCCCCCCCCCCCCCCCCCCCCCCC. The van der Waals surface area contributed by atoms with Crippen molar-refractivity contribution in [3.05, 3.63) is 24.3 Å². The number of amides is 1. The molecule has 3 atom stereocenters. The number of carbonyl (C=O) groups is 1. The molecule has 0 aliphatic rings. The molecule has 0 aromatic rings. The molecular weight excluding hydrogens is 823 g/mol. The molecule has 67 heavy (non-hydrogen) atoms. The minimum atomic E-state index is -1.08. The predicted octanol–water partition coefficient (Wildman–Crippen LogP) is 19.2. The maximum Gasteiger partial charge on any atom is 0.249 e. The van der Waals surface area contributed by atoms with Gasteiger partial charge >= 0.3 is 0 Å². The molecule has 398 valence electrons. The molecule has 0 saturated carbocycles. The highest BCUT2D eigenvalue weighted by atomic mass is 16.3. The number of rotatable bonds is 57. The van der Waals surface area contributed by atoms with Gasteiger partial charge in [0.2, 0.25) is 5.91 Å². The van der Waals surface area contributed by atoms with Gasteiger partial charge in [-0.05, 0) is 44.9 Å². The molecule has 5 nitrogen and oxygen atoms in total. The Kier molecular flexibility index (Phi) is 56.4. The van der Waals surface area contributed by atoms with Crippen LogP contribution in [0.5, 0.6) is 0 Å². The van der Waals surface area contributed by atoms with Gasteiger partial charge in [0, 0.05) is 0 Å². The lowest BCUT2D eigenvalue weighted by molar-refractivity contribution is -0.131. The summed E-state index contributed by atoms with van der Waals surface area (Å²) in [6.07, 6.45) is 73.8. The number of unbranched alkanes of at least 4 members (excludes halogenated alkanes) is 45. The minimum Gasteiger partial charge on any atom is -0.394 e. The number of aliphatic hydroxyl groups excluding tert-OH is 3. The molecule has 3 unspecified atom stereocenters. The Labute approximate surface area is 420 Å². The van der Waals surface area contributed by atoms with Crippen LogP contribution in [0.15, 0.2) is 24.3 Å². The van der Waals surface area contributed by atoms with E-state index in [4.69, 9.17) is 0 Å². The van der Waals surface area contributed by atoms with Crippen LogP contribution >= 0.6 is 0 Å². The Morgan fingerprint density at radius 1 is 0.358 bits per heavy atom. The van der Waals surface area contributed by atoms with E-state index < -0.39 is 24.2 Å². The van der Waals surface area contributed by atoms with Crippen molar-refractivity contribution in [1.29, 1.82) is 0 Å². The van der Waals surface area contributed by atoms with Gasteiger partial charge in [-0.15, -0.1) is 0 Å². The molecule has 5 heteroatoms. The van der Waals surface area contributed by atoms with Crippen molar-refractivity contribution in [2.75, 3.05) is 6.61 Å². The third kappa shape index (κ3) is 52.5. The summed E-state index contributed by atoms with van der Waals surface area (Å²) in [5.74, 6) is -0.466. The number of aliphatic hydroxyl groups is 3. The molecule has 4 N–H and O–H groups in total. The van der Waals surface area contributed by atoms with Crippen molar-refractivity contribution in [3.8, 4) is 0 Å². The Morgan fingerprint density at radius 3 is 0.896 bits per heavy atom. The fraction of sp³-hybridized carbons (Fsp3) is 0.919. The summed E-state index contributed by atoms with van der Waals surface area (Å²) in [6, 6.07) is -0.713. The van der Waals surface area contributed by atoms with Crippen LogP contribution in [0.4, 0.5) is 0 Å². The maximum absolute atomic E-state index is 12.6. The predicted molar refractivity (Wildman–Crippen MR) is 296 cm³/mol. The topological polar surface area (TPSA) is 89.8 Å². The highest BCUT2D eigenvalue weighted by Gasteiger charge is 2.23. The average molecular weight is 945 g/mol. The van der Waals surface area contributed by atoms with Crippen LogP contribution in [0.1, 0.15) is 341 Å². The number of allylic oxidation sites excluding steroid dienone is 4. The first-order valence-electron chi connectivity index (χ1n) is 30.6. The van der Waals surface area contributed by atoms with E-state index in [9.17, 15) is 20.1 Å². The van der Waals surface area contributed by atoms with Crippen LogP contribution in [0.2, 0.25) is 0 Å². The zero-order valence-corrected chi connectivity index (χ0v) is 45.6. The lowest BCUT2D eigenvalue weighted by atomic mass is 10.0. The molecule has 0 aromatic carbocycles. The first-order valence-corrected chi connectivity index (χ1v) is 30.6. The Morgan fingerprint density at radius 2 is 0.612 bits per heavy atom. The van der Waals surface area contributed by atoms with E-state index in [0.717, 1.165) is 38.5 Å². The number of carbonyl (C=O) groups excluding carboxylic acids is 1. The van der Waals surface area contributed by atoms with Crippen LogP contribution in [0.25, 0.3) is 0 Å². The molecule has 0 radical (unpaired) electrons. The third-order valence-corrected chi connectivity index (χ3v) is 14.6. The largest absolute Gasteiger partial charge is 0.394 e. The van der Waals surface area contributed by atoms with Crippen LogP contribution < -0.4 is 5.32 Å². The van der Waals surface area contributed by atoms with Crippen LogP contribution in [-0.2, 0) is 4.79 Å². The van der Waals surface area contributed by atoms with Gasteiger partial charge in [0.25, 0.3) is 0 Å². The second-order valence-electron chi connectivity index (χ2n) is 21.3. The zero-order valence-electron chi connectivity index (χ0n) is 45.6. The Bertz CT molecular complexity index is 998. The molecule has 1 amide bonds. The normalized spacial score (nSPS) is 13.3. The van der Waals surface area contributed by atoms with Gasteiger partial charge in [-0.3, -0.25) is 4.79 Å². The molecule has 0 heterocycles. The molecular formula is C62H121NO4. The van der Waals surface area contributed by atoms with Gasteiger partial charge in [-0.2, -0.15) is 0 Å². The van der Waals surface area contributed by atoms with E-state index in [2.05, 4.69) is 43.5 Å². The highest BCUT2D eigenvalue weighted by molar-refractivity contribution is 5.80. The Balaban J connectivity index is 3.51. The summed E-state index contributed by atoms with van der Waals surface area (Å²) in [6.45, 7) is 4.27. The van der Waals surface area contributed by atoms with Crippen molar-refractivity contribution in [2.24, 2.45) is 0 Å². The standard InChI is InChI=1S/C62H121NO4/c1-3-5-7-9-11-13-15-17-19-21-23-25-27-29-30-31-33-35-37-39-41-43-45-47-49-51-53-55-57-61(66)62(67)63-59(58-64)60(65)56-54-52-50-48-46-44-42-40-38-36-34-32-28-26-24-22-20-18-16-14-12-10-8-6-4-2/h23,25,29-30,59-61,64-66H,3-22,24,26-28,31-58H2,1-2H3,(H,63,67)/b25-23-,30-29-. The van der Waals surface area contributed by atoms with Crippen LogP contribution in [-0.4, -0.2) is 46.1 Å². The number of hydrogen-bond donors (Lipinski definition) is 4. The van der Waals surface area contributed by atoms with Gasteiger partial charge in [0.05, 0.1) is 18.8 Å². The second-order valence-corrected chi connectivity index (χ2v) is 21.3. The van der Waals surface area contributed by atoms with Crippen molar-refractivity contribution >= 4 is 5.91 Å². The first-order chi connectivity index (χ1) is 33.1. The summed E-state index contributed by atoms with van der Waals surface area (Å²) in [4.78, 5) is 12.6. The molecule has 0 fully saturated rings. The van der Waals surface area contributed by atoms with Gasteiger partial charge < -0.3 is 20.6 Å². The molecule has 0 aromatic heterocycles. The summed E-state index contributed by atoms with van der Waals surface area (Å²) in [5.41, 5.74) is 0. The van der Waals surface area contributed by atoms with Crippen molar-refractivity contribution in [1.82, 2.24) is 5.32 Å². The van der Waals surface area contributed by atoms with Crippen molar-refractivity contribution in [2.45, 2.75) is 360 Å². The first kappa shape index (κ1) is 65.8. The minimum absolute atomic E-state index is 0.311. The Hall–Kier alpha value is -1.17. The summed E-state index contributed by atoms with van der Waals surface area (Å²) >= 11 is 0. The molecule has 0 aliphatic heterocycles. The fourth-order valence-electron chi connectivity index (χ4n) is 9.81. The highest BCUT2D eigenvalue weighted by Crippen LogP contribution is 2.18. The summed E-state index contributed by atoms with van der Waals surface area (Å²) in [5, 5.41) is 33.6. The monoisotopic (exact) mass is 944 g/mol. The molecule has 0 spiro atoms. The smallest absolute Gasteiger partial charge is 0.249 e. The van der Waals surface area contributed by atoms with E-state index in [1.54, 1.807) is 0 Å². The molecule has 0 bridgehead atoms. The van der Waals surface area contributed by atoms with Gasteiger partial charge in [-0.25, -0.2) is 0 Å². The van der Waals surface area contributed by atoms with Crippen LogP contribution in [0, 0.1) is 0 Å². The van der Waals surface area contributed by atoms with E-state index in [0.29, 0.717) is 12.8 Å². The lowest BCUT2D eigenvalue weighted by Gasteiger charge is -2.23. The zero-order chi connectivity index (χ0) is 48.6. The van der Waals surface area contributed by atoms with Gasteiger partial charge in [0.15, 0.2) is 0 Å². The van der Waals surface area contributed by atoms with Crippen LogP contribution in [0.3, 0.4) is 0 Å². The molecule has 0 saturated heterocycles. The average Bonchev–Trinajstić information content (AvgIpc) is 3.33. The molecule has 0 aliphatic carbocycles. The van der Waals surface area contributed by atoms with E-state index in [-0.39, 0.29) is 6.61 Å². The van der Waals surface area contributed by atoms with E-state index in [1.807, 2.05) is 0 Å². The number of nitrogens with one attached hydrogen (secondary N) is 1. The number of hydrogen-bond acceptors (Lipinski definition) is 4. The van der Waals surface area contributed by atoms with Gasteiger partial charge in [0.1, 0.15) is 6.10 Å². The lowest BCUT2D eigenvalue weighted by Crippen LogP contribution is -2.49. The summed E-state index contributed by atoms with van der Waals surface area (Å²) < 4.78 is 0. The summed E-state index contributed by atoms with van der Waals surface area (Å²) in [7, 11) is 0. The van der Waals surface area contributed by atoms with E-state index in [1.165, 1.54) is 276 Å². The van der Waals surface area contributed by atoms with Crippen molar-refractivity contribution in [3.63, 3.8) is 0 Å². The third-order valence-electron chi connectivity index (χ3n) is 14.6. The second kappa shape index (κ2) is 57.4. The quantitative estimate of drug-likeness (QED) is 0.0361. The maximum atomic E-state index is 12.6. The molecule has 0 rings (SSSR count).